The highest BCUT2D eigenvalue weighted by molar-refractivity contribution is 6.43. The minimum atomic E-state index is -1.76. The lowest BCUT2D eigenvalue weighted by Crippen LogP contribution is -2.57. The normalized spacial score (nSPS) is 14.2. The molecule has 1 aromatic heterocycles. The summed E-state index contributed by atoms with van der Waals surface area (Å²) in [6, 6.07) is 9.52. The Bertz CT molecular complexity index is 810. The first-order chi connectivity index (χ1) is 13.7. The summed E-state index contributed by atoms with van der Waals surface area (Å²) in [6.45, 7) is 5.11. The number of rotatable bonds is 9. The number of nitrogens with zero attached hydrogens (tertiary/aromatic N) is 1. The summed E-state index contributed by atoms with van der Waals surface area (Å²) < 4.78 is 0. The number of carbonyl (C=O) groups excluding carboxylic acids is 2. The zero-order valence-electron chi connectivity index (χ0n) is 16.7. The second kappa shape index (κ2) is 10.2. The third kappa shape index (κ3) is 6.42. The second-order valence-electron chi connectivity index (χ2n) is 7.38. The van der Waals surface area contributed by atoms with Gasteiger partial charge in [0, 0.05) is 5.56 Å². The number of amides is 2. The highest BCUT2D eigenvalue weighted by atomic mass is 16.4. The zero-order valence-corrected chi connectivity index (χ0v) is 16.7. The van der Waals surface area contributed by atoms with E-state index in [1.807, 2.05) is 44.2 Å². The molecule has 1 heterocycles. The first-order valence-corrected chi connectivity index (χ1v) is 9.45. The summed E-state index contributed by atoms with van der Waals surface area (Å²) in [5.74, 6) is -2.15. The summed E-state index contributed by atoms with van der Waals surface area (Å²) in [4.78, 5) is 25.1. The van der Waals surface area contributed by atoms with Crippen LogP contribution >= 0.6 is 0 Å². The van der Waals surface area contributed by atoms with E-state index in [2.05, 4.69) is 20.8 Å². The maximum absolute atomic E-state index is 12.5. The van der Waals surface area contributed by atoms with E-state index >= 15 is 0 Å². The number of aromatic amines is 1. The van der Waals surface area contributed by atoms with Gasteiger partial charge in [0.05, 0.1) is 17.7 Å². The number of benzene rings is 1. The van der Waals surface area contributed by atoms with Crippen LogP contribution in [0, 0.1) is 5.92 Å². The van der Waals surface area contributed by atoms with Crippen LogP contribution in [0.2, 0.25) is 0 Å². The first-order valence-electron chi connectivity index (χ1n) is 9.45. The van der Waals surface area contributed by atoms with Gasteiger partial charge in [0.25, 0.3) is 5.91 Å². The number of nitrogens with one attached hydrogen (secondary N) is 3. The van der Waals surface area contributed by atoms with Crippen LogP contribution in [0.15, 0.2) is 36.4 Å². The van der Waals surface area contributed by atoms with E-state index in [4.69, 9.17) is 0 Å². The van der Waals surface area contributed by atoms with Crippen molar-refractivity contribution >= 4 is 18.9 Å². The Labute approximate surface area is 169 Å². The van der Waals surface area contributed by atoms with Gasteiger partial charge < -0.3 is 25.8 Å². The molecule has 0 fully saturated rings. The number of aliphatic hydroxyl groups excluding tert-OH is 1. The van der Waals surface area contributed by atoms with Gasteiger partial charge in [-0.25, -0.2) is 0 Å². The quantitative estimate of drug-likeness (QED) is 0.328. The van der Waals surface area contributed by atoms with E-state index in [1.54, 1.807) is 6.07 Å². The van der Waals surface area contributed by atoms with Gasteiger partial charge in [0.1, 0.15) is 11.7 Å². The van der Waals surface area contributed by atoms with Crippen molar-refractivity contribution in [2.24, 2.45) is 5.92 Å². The molecule has 2 aromatic rings. The van der Waals surface area contributed by atoms with Crippen molar-refractivity contribution < 1.29 is 24.7 Å². The molecule has 2 rings (SSSR count). The van der Waals surface area contributed by atoms with Crippen molar-refractivity contribution in [3.8, 4) is 11.3 Å². The van der Waals surface area contributed by atoms with Crippen molar-refractivity contribution in [3.63, 3.8) is 0 Å². The zero-order chi connectivity index (χ0) is 21.6. The van der Waals surface area contributed by atoms with Crippen LogP contribution in [0.5, 0.6) is 0 Å². The number of aromatic nitrogens is 2. The Balaban J connectivity index is 2.09. The van der Waals surface area contributed by atoms with Crippen LogP contribution in [-0.4, -0.2) is 62.4 Å². The first kappa shape index (κ1) is 22.6. The van der Waals surface area contributed by atoms with Crippen molar-refractivity contribution in [3.05, 3.63) is 42.1 Å². The SMILES string of the molecule is CC(C)C[C@H](NC(=O)[C@@H](NC(=O)c1cc(-c2ccccc2)n[nH]1)C(C)O)B(O)O. The molecule has 0 aliphatic carbocycles. The highest BCUT2D eigenvalue weighted by Gasteiger charge is 2.32. The van der Waals surface area contributed by atoms with Crippen LogP contribution in [-0.2, 0) is 4.79 Å². The van der Waals surface area contributed by atoms with E-state index in [9.17, 15) is 24.7 Å². The van der Waals surface area contributed by atoms with Crippen LogP contribution < -0.4 is 10.6 Å². The lowest BCUT2D eigenvalue weighted by Gasteiger charge is -2.25. The summed E-state index contributed by atoms with van der Waals surface area (Å²) in [5.41, 5.74) is 1.51. The molecular formula is C19H27BN4O5. The maximum atomic E-state index is 12.5. The molecule has 1 aromatic carbocycles. The summed E-state index contributed by atoms with van der Waals surface area (Å²) in [7, 11) is -1.76. The van der Waals surface area contributed by atoms with Crippen LogP contribution in [0.3, 0.4) is 0 Å². The molecule has 2 amide bonds. The maximum Gasteiger partial charge on any atom is 0.475 e. The topological polar surface area (TPSA) is 148 Å². The summed E-state index contributed by atoms with van der Waals surface area (Å²) in [5, 5.41) is 40.6. The van der Waals surface area contributed by atoms with E-state index < -0.39 is 37.0 Å². The fourth-order valence-electron chi connectivity index (χ4n) is 2.85. The molecule has 0 aliphatic rings. The van der Waals surface area contributed by atoms with Crippen LogP contribution in [0.25, 0.3) is 11.3 Å². The molecule has 0 bridgehead atoms. The van der Waals surface area contributed by atoms with Gasteiger partial charge in [-0.15, -0.1) is 0 Å². The average molecular weight is 402 g/mol. The monoisotopic (exact) mass is 402 g/mol. The van der Waals surface area contributed by atoms with E-state index in [1.165, 1.54) is 6.92 Å². The molecule has 1 unspecified atom stereocenters. The Morgan fingerprint density at radius 3 is 2.34 bits per heavy atom. The predicted molar refractivity (Wildman–Crippen MR) is 109 cm³/mol. The molecular weight excluding hydrogens is 375 g/mol. The van der Waals surface area contributed by atoms with Gasteiger partial charge in [0.15, 0.2) is 0 Å². The largest absolute Gasteiger partial charge is 0.475 e. The Kier molecular flexibility index (Phi) is 7.95. The van der Waals surface area contributed by atoms with Crippen molar-refractivity contribution in [1.82, 2.24) is 20.8 Å². The molecule has 9 nitrogen and oxygen atoms in total. The molecule has 3 atom stereocenters. The van der Waals surface area contributed by atoms with Gasteiger partial charge in [0.2, 0.25) is 5.91 Å². The van der Waals surface area contributed by atoms with Gasteiger partial charge in [-0.1, -0.05) is 44.2 Å². The van der Waals surface area contributed by atoms with Crippen molar-refractivity contribution in [2.45, 2.75) is 45.3 Å². The smallest absolute Gasteiger partial charge is 0.426 e. The van der Waals surface area contributed by atoms with E-state index in [0.29, 0.717) is 12.1 Å². The minimum Gasteiger partial charge on any atom is -0.426 e. The Hall–Kier alpha value is -2.69. The van der Waals surface area contributed by atoms with Gasteiger partial charge in [-0.2, -0.15) is 5.10 Å². The third-order valence-electron chi connectivity index (χ3n) is 4.36. The Morgan fingerprint density at radius 1 is 1.14 bits per heavy atom. The molecule has 10 heteroatoms. The van der Waals surface area contributed by atoms with E-state index in [-0.39, 0.29) is 11.6 Å². The number of H-pyrrole nitrogens is 1. The number of hydrogen-bond acceptors (Lipinski definition) is 6. The lowest BCUT2D eigenvalue weighted by atomic mass is 9.75. The van der Waals surface area contributed by atoms with Gasteiger partial charge in [-0.3, -0.25) is 14.7 Å². The highest BCUT2D eigenvalue weighted by Crippen LogP contribution is 2.17. The lowest BCUT2D eigenvalue weighted by molar-refractivity contribution is -0.125. The molecule has 0 saturated heterocycles. The number of carbonyl (C=O) groups is 2. The van der Waals surface area contributed by atoms with Gasteiger partial charge in [-0.05, 0) is 25.3 Å². The molecule has 0 spiro atoms. The summed E-state index contributed by atoms with van der Waals surface area (Å²) >= 11 is 0. The number of aliphatic hydroxyl groups is 1. The molecule has 6 N–H and O–H groups in total. The third-order valence-corrected chi connectivity index (χ3v) is 4.36. The molecule has 29 heavy (non-hydrogen) atoms. The molecule has 0 saturated carbocycles. The molecule has 156 valence electrons. The van der Waals surface area contributed by atoms with Crippen LogP contribution in [0.1, 0.15) is 37.7 Å². The number of hydrogen-bond donors (Lipinski definition) is 6. The molecule has 0 radical (unpaired) electrons. The Morgan fingerprint density at radius 2 is 1.79 bits per heavy atom. The fraction of sp³-hybridized carbons (Fsp3) is 0.421. The summed E-state index contributed by atoms with van der Waals surface area (Å²) in [6.07, 6.45) is -0.879. The van der Waals surface area contributed by atoms with Crippen molar-refractivity contribution in [1.29, 1.82) is 0 Å². The van der Waals surface area contributed by atoms with Crippen LogP contribution in [0.4, 0.5) is 0 Å². The minimum absolute atomic E-state index is 0.100. The predicted octanol–water partition coefficient (Wildman–Crippen LogP) is 0.0988. The second-order valence-corrected chi connectivity index (χ2v) is 7.38. The van der Waals surface area contributed by atoms with E-state index in [0.717, 1.165) is 5.56 Å². The van der Waals surface area contributed by atoms with Crippen molar-refractivity contribution in [2.75, 3.05) is 0 Å². The fourth-order valence-corrected chi connectivity index (χ4v) is 2.85. The molecule has 0 aliphatic heterocycles. The van der Waals surface area contributed by atoms with Gasteiger partial charge >= 0.3 is 7.12 Å². The standard InChI is InChI=1S/C19H27BN4O5/c1-11(2)9-16(20(28)29)21-19(27)17(12(3)25)22-18(26)15-10-14(23-24-15)13-7-5-4-6-8-13/h4-8,10-12,16-17,25,28-29H,9H2,1-3H3,(H,21,27)(H,22,26)(H,23,24)/t12?,16-,17-/m0/s1. The average Bonchev–Trinajstić information content (AvgIpc) is 3.15.